The second kappa shape index (κ2) is 2.55. The third-order valence-electron chi connectivity index (χ3n) is 1.13. The first-order valence-corrected chi connectivity index (χ1v) is 4.33. The van der Waals surface area contributed by atoms with Gasteiger partial charge in [-0.2, -0.15) is 0 Å². The molecule has 0 fully saturated rings. The van der Waals surface area contributed by atoms with E-state index in [2.05, 4.69) is 15.0 Å². The molecule has 6 heteroatoms. The van der Waals surface area contributed by atoms with Crippen LogP contribution < -0.4 is 0 Å². The molecule has 0 saturated carbocycles. The maximum Gasteiger partial charge on any atom is 0.225 e. The Morgan fingerprint density at radius 1 is 1.27 bits per heavy atom. The summed E-state index contributed by atoms with van der Waals surface area (Å²) in [4.78, 5) is 12.3. The van der Waals surface area contributed by atoms with Gasteiger partial charge in [0.1, 0.15) is 10.3 Å². The zero-order chi connectivity index (χ0) is 7.84. The van der Waals surface area contributed by atoms with E-state index in [1.54, 1.807) is 5.51 Å². The van der Waals surface area contributed by atoms with Gasteiger partial charge in [0.15, 0.2) is 5.15 Å². The third-order valence-corrected chi connectivity index (χ3v) is 2.28. The summed E-state index contributed by atoms with van der Waals surface area (Å²) in [5.41, 5.74) is 2.27. The Morgan fingerprint density at radius 2 is 2.09 bits per heavy atom. The van der Waals surface area contributed by atoms with Crippen molar-refractivity contribution in [2.75, 3.05) is 0 Å². The molecule has 2 heterocycles. The first-order chi connectivity index (χ1) is 5.27. The first kappa shape index (κ1) is 7.21. The highest BCUT2D eigenvalue weighted by atomic mass is 35.5. The Hall–Kier alpha value is -0.450. The smallest absolute Gasteiger partial charge is 0.225 e. The fraction of sp³-hybridized carbons (Fsp3) is 0. The average Bonchev–Trinajstić information content (AvgIpc) is 2.34. The minimum absolute atomic E-state index is 0.159. The summed E-state index contributed by atoms with van der Waals surface area (Å²) < 4.78 is 0. The molecule has 0 unspecified atom stereocenters. The van der Waals surface area contributed by atoms with Crippen LogP contribution in [0.25, 0.3) is 10.3 Å². The molecule has 11 heavy (non-hydrogen) atoms. The molecular weight excluding hydrogens is 205 g/mol. The topological polar surface area (TPSA) is 38.7 Å². The number of hydrogen-bond donors (Lipinski definition) is 0. The number of aromatic nitrogens is 3. The van der Waals surface area contributed by atoms with Gasteiger partial charge in [0.2, 0.25) is 5.28 Å². The quantitative estimate of drug-likeness (QED) is 0.490. The van der Waals surface area contributed by atoms with E-state index in [-0.39, 0.29) is 5.28 Å². The summed E-state index contributed by atoms with van der Waals surface area (Å²) in [5.74, 6) is 0. The Morgan fingerprint density at radius 3 is 2.91 bits per heavy atom. The molecule has 2 rings (SSSR count). The molecule has 0 aromatic carbocycles. The molecule has 2 aromatic heterocycles. The zero-order valence-corrected chi connectivity index (χ0v) is 7.41. The molecule has 0 aliphatic carbocycles. The fourth-order valence-corrected chi connectivity index (χ4v) is 1.90. The van der Waals surface area contributed by atoms with Gasteiger partial charge in [-0.25, -0.2) is 15.0 Å². The van der Waals surface area contributed by atoms with Gasteiger partial charge < -0.3 is 0 Å². The van der Waals surface area contributed by atoms with Crippen molar-refractivity contribution in [3.05, 3.63) is 15.9 Å². The van der Waals surface area contributed by atoms with E-state index in [1.165, 1.54) is 11.3 Å². The molecule has 3 nitrogen and oxygen atoms in total. The van der Waals surface area contributed by atoms with E-state index in [0.717, 1.165) is 4.83 Å². The number of halogens is 2. The fourth-order valence-electron chi connectivity index (χ4n) is 0.704. The second-order valence-electron chi connectivity index (χ2n) is 1.79. The molecule has 2 aromatic rings. The number of hydrogen-bond acceptors (Lipinski definition) is 4. The van der Waals surface area contributed by atoms with Crippen molar-refractivity contribution in [2.24, 2.45) is 0 Å². The predicted molar refractivity (Wildman–Crippen MR) is 45.2 cm³/mol. The lowest BCUT2D eigenvalue weighted by Gasteiger charge is -1.90. The molecule has 0 saturated heterocycles. The second-order valence-corrected chi connectivity index (χ2v) is 3.32. The van der Waals surface area contributed by atoms with E-state index in [1.807, 2.05) is 0 Å². The molecule has 0 aliphatic rings. The van der Waals surface area contributed by atoms with Crippen LogP contribution in [-0.2, 0) is 0 Å². The van der Waals surface area contributed by atoms with Crippen molar-refractivity contribution < 1.29 is 0 Å². The lowest BCUT2D eigenvalue weighted by atomic mass is 10.6. The standard InChI is InChI=1S/C5HCl2N3S/c6-3-2-4(11-1-8-2)10-5(7)9-3/h1H. The number of fused-ring (bicyclic) bond motifs is 1. The SMILES string of the molecule is Clc1nc(Cl)c2ncsc2n1. The summed E-state index contributed by atoms with van der Waals surface area (Å²) in [6.07, 6.45) is 0. The lowest BCUT2D eigenvalue weighted by Crippen LogP contribution is -1.82. The Labute approximate surface area is 76.0 Å². The molecule has 56 valence electrons. The van der Waals surface area contributed by atoms with Crippen molar-refractivity contribution in [1.82, 2.24) is 15.0 Å². The van der Waals surface area contributed by atoms with Gasteiger partial charge in [0.25, 0.3) is 0 Å². The molecule has 0 spiro atoms. The summed E-state index contributed by atoms with van der Waals surface area (Å²) >= 11 is 12.6. The lowest BCUT2D eigenvalue weighted by molar-refractivity contribution is 1.22. The third kappa shape index (κ3) is 1.17. The van der Waals surface area contributed by atoms with E-state index in [0.29, 0.717) is 10.7 Å². The maximum atomic E-state index is 5.71. The summed E-state index contributed by atoms with van der Waals surface area (Å²) in [7, 11) is 0. The van der Waals surface area contributed by atoms with Crippen LogP contribution in [0.4, 0.5) is 0 Å². The molecular formula is C5HCl2N3S. The van der Waals surface area contributed by atoms with Crippen LogP contribution in [-0.4, -0.2) is 15.0 Å². The van der Waals surface area contributed by atoms with Crippen molar-refractivity contribution in [3.63, 3.8) is 0 Å². The predicted octanol–water partition coefficient (Wildman–Crippen LogP) is 2.39. The van der Waals surface area contributed by atoms with Crippen molar-refractivity contribution in [3.8, 4) is 0 Å². The highest BCUT2D eigenvalue weighted by Crippen LogP contribution is 2.22. The van der Waals surface area contributed by atoms with Gasteiger partial charge in [-0.3, -0.25) is 0 Å². The van der Waals surface area contributed by atoms with Gasteiger partial charge in [-0.1, -0.05) is 11.6 Å². The van der Waals surface area contributed by atoms with Crippen LogP contribution in [0.2, 0.25) is 10.4 Å². The van der Waals surface area contributed by atoms with Crippen LogP contribution >= 0.6 is 34.5 Å². The van der Waals surface area contributed by atoms with Crippen molar-refractivity contribution in [1.29, 1.82) is 0 Å². The molecule has 0 radical (unpaired) electrons. The normalized spacial score (nSPS) is 10.7. The molecule has 0 bridgehead atoms. The Kier molecular flexibility index (Phi) is 1.67. The minimum atomic E-state index is 0.159. The van der Waals surface area contributed by atoms with Gasteiger partial charge in [0.05, 0.1) is 5.51 Å². The number of thiazole rings is 1. The van der Waals surface area contributed by atoms with Gasteiger partial charge in [-0.15, -0.1) is 11.3 Å². The van der Waals surface area contributed by atoms with Crippen molar-refractivity contribution in [2.45, 2.75) is 0 Å². The van der Waals surface area contributed by atoms with Gasteiger partial charge >= 0.3 is 0 Å². The van der Waals surface area contributed by atoms with Crippen LogP contribution in [0.1, 0.15) is 0 Å². The van der Waals surface area contributed by atoms with E-state index < -0.39 is 0 Å². The molecule has 0 amide bonds. The van der Waals surface area contributed by atoms with Crippen LogP contribution in [0, 0.1) is 0 Å². The van der Waals surface area contributed by atoms with E-state index in [4.69, 9.17) is 23.2 Å². The molecule has 0 aliphatic heterocycles. The maximum absolute atomic E-state index is 5.71. The average molecular weight is 206 g/mol. The van der Waals surface area contributed by atoms with Gasteiger partial charge in [-0.05, 0) is 11.6 Å². The van der Waals surface area contributed by atoms with Crippen LogP contribution in [0.3, 0.4) is 0 Å². The van der Waals surface area contributed by atoms with E-state index >= 15 is 0 Å². The largest absolute Gasteiger partial charge is 0.240 e. The Bertz CT molecular complexity index is 400. The molecule has 0 atom stereocenters. The number of rotatable bonds is 0. The summed E-state index contributed by atoms with van der Waals surface area (Å²) in [5, 5.41) is 0.466. The minimum Gasteiger partial charge on any atom is -0.240 e. The summed E-state index contributed by atoms with van der Waals surface area (Å²) in [6, 6.07) is 0. The number of nitrogens with zero attached hydrogens (tertiary/aromatic N) is 3. The monoisotopic (exact) mass is 205 g/mol. The van der Waals surface area contributed by atoms with Crippen molar-refractivity contribution >= 4 is 44.9 Å². The van der Waals surface area contributed by atoms with Crippen LogP contribution in [0.15, 0.2) is 5.51 Å². The first-order valence-electron chi connectivity index (χ1n) is 2.69. The highest BCUT2D eigenvalue weighted by Gasteiger charge is 2.05. The highest BCUT2D eigenvalue weighted by molar-refractivity contribution is 7.16. The summed E-state index contributed by atoms with van der Waals surface area (Å²) in [6.45, 7) is 0. The van der Waals surface area contributed by atoms with Gasteiger partial charge in [0, 0.05) is 0 Å². The van der Waals surface area contributed by atoms with Crippen LogP contribution in [0.5, 0.6) is 0 Å². The Balaban J connectivity index is 2.91. The molecule has 0 N–H and O–H groups in total. The zero-order valence-electron chi connectivity index (χ0n) is 5.08. The van der Waals surface area contributed by atoms with E-state index in [9.17, 15) is 0 Å².